The molecule has 0 saturated carbocycles. The van der Waals surface area contributed by atoms with Crippen molar-refractivity contribution in [2.24, 2.45) is 0 Å². The van der Waals surface area contributed by atoms with Crippen molar-refractivity contribution in [2.45, 2.75) is 64.1 Å². The predicted octanol–water partition coefficient (Wildman–Crippen LogP) is 1.72. The van der Waals surface area contributed by atoms with Gasteiger partial charge in [0.2, 0.25) is 0 Å². The standard InChI is InChI=1S/C15H30N2O3/c1-12(2)16-15(3,14(18)19)8-5-6-9-17(4)13-7-10-20-11-13/h12-13,16H,5-11H2,1-4H3,(H,18,19). The molecule has 0 aromatic carbocycles. The number of carboxylic acids is 1. The topological polar surface area (TPSA) is 61.8 Å². The van der Waals surface area contributed by atoms with Crippen LogP contribution in [-0.2, 0) is 9.53 Å². The molecule has 0 amide bonds. The van der Waals surface area contributed by atoms with Gasteiger partial charge in [0.15, 0.2) is 0 Å². The van der Waals surface area contributed by atoms with Gasteiger partial charge >= 0.3 is 5.97 Å². The number of aliphatic carboxylic acids is 1. The molecule has 0 spiro atoms. The summed E-state index contributed by atoms with van der Waals surface area (Å²) in [6.07, 6.45) is 3.71. The van der Waals surface area contributed by atoms with E-state index in [-0.39, 0.29) is 6.04 Å². The largest absolute Gasteiger partial charge is 0.480 e. The Morgan fingerprint density at radius 1 is 1.50 bits per heavy atom. The van der Waals surface area contributed by atoms with Crippen molar-refractivity contribution < 1.29 is 14.6 Å². The summed E-state index contributed by atoms with van der Waals surface area (Å²) in [5.41, 5.74) is -0.816. The van der Waals surface area contributed by atoms with Crippen LogP contribution in [0, 0.1) is 0 Å². The monoisotopic (exact) mass is 286 g/mol. The van der Waals surface area contributed by atoms with E-state index in [1.165, 1.54) is 0 Å². The van der Waals surface area contributed by atoms with Crippen molar-refractivity contribution in [1.29, 1.82) is 0 Å². The first-order chi connectivity index (χ1) is 9.35. The lowest BCUT2D eigenvalue weighted by Crippen LogP contribution is -2.52. The van der Waals surface area contributed by atoms with Gasteiger partial charge in [-0.1, -0.05) is 0 Å². The highest BCUT2D eigenvalue weighted by atomic mass is 16.5. The molecule has 1 heterocycles. The first kappa shape index (κ1) is 17.4. The number of rotatable bonds is 9. The van der Waals surface area contributed by atoms with Gasteiger partial charge in [0, 0.05) is 18.7 Å². The van der Waals surface area contributed by atoms with Gasteiger partial charge in [-0.2, -0.15) is 0 Å². The van der Waals surface area contributed by atoms with Crippen LogP contribution in [0.2, 0.25) is 0 Å². The zero-order chi connectivity index (χ0) is 15.2. The fourth-order valence-corrected chi connectivity index (χ4v) is 2.77. The van der Waals surface area contributed by atoms with Crippen LogP contribution in [0.25, 0.3) is 0 Å². The van der Waals surface area contributed by atoms with Crippen LogP contribution in [0.1, 0.15) is 46.5 Å². The van der Waals surface area contributed by atoms with E-state index in [4.69, 9.17) is 4.74 Å². The van der Waals surface area contributed by atoms with Crippen LogP contribution in [0.5, 0.6) is 0 Å². The molecule has 118 valence electrons. The minimum Gasteiger partial charge on any atom is -0.480 e. The van der Waals surface area contributed by atoms with Crippen molar-refractivity contribution in [3.05, 3.63) is 0 Å². The van der Waals surface area contributed by atoms with Gasteiger partial charge in [0.1, 0.15) is 5.54 Å². The maximum Gasteiger partial charge on any atom is 0.323 e. The third-order valence-electron chi connectivity index (χ3n) is 4.05. The Morgan fingerprint density at radius 3 is 2.70 bits per heavy atom. The van der Waals surface area contributed by atoms with E-state index in [9.17, 15) is 9.90 Å². The molecule has 1 aliphatic heterocycles. The lowest BCUT2D eigenvalue weighted by atomic mass is 9.94. The zero-order valence-electron chi connectivity index (χ0n) is 13.3. The summed E-state index contributed by atoms with van der Waals surface area (Å²) in [6.45, 7) is 8.45. The minimum atomic E-state index is -0.816. The van der Waals surface area contributed by atoms with Crippen molar-refractivity contribution in [1.82, 2.24) is 10.2 Å². The fourth-order valence-electron chi connectivity index (χ4n) is 2.77. The van der Waals surface area contributed by atoms with Crippen LogP contribution >= 0.6 is 0 Å². The summed E-state index contributed by atoms with van der Waals surface area (Å²) in [4.78, 5) is 13.7. The Kier molecular flexibility index (Phi) is 6.92. The second-order valence-corrected chi connectivity index (χ2v) is 6.39. The lowest BCUT2D eigenvalue weighted by molar-refractivity contribution is -0.144. The number of hydrogen-bond acceptors (Lipinski definition) is 4. The maximum atomic E-state index is 11.4. The molecule has 0 bridgehead atoms. The van der Waals surface area contributed by atoms with Gasteiger partial charge in [0.25, 0.3) is 0 Å². The molecule has 2 unspecified atom stereocenters. The van der Waals surface area contributed by atoms with E-state index in [1.54, 1.807) is 6.92 Å². The summed E-state index contributed by atoms with van der Waals surface area (Å²) >= 11 is 0. The average Bonchev–Trinajstić information content (AvgIpc) is 2.87. The highest BCUT2D eigenvalue weighted by Gasteiger charge is 2.32. The third-order valence-corrected chi connectivity index (χ3v) is 4.05. The molecule has 0 aliphatic carbocycles. The smallest absolute Gasteiger partial charge is 0.323 e. The molecule has 1 aliphatic rings. The number of nitrogens with one attached hydrogen (secondary N) is 1. The Morgan fingerprint density at radius 2 is 2.20 bits per heavy atom. The molecule has 0 radical (unpaired) electrons. The molecule has 2 atom stereocenters. The van der Waals surface area contributed by atoms with Crippen molar-refractivity contribution in [3.63, 3.8) is 0 Å². The van der Waals surface area contributed by atoms with Gasteiger partial charge < -0.3 is 14.7 Å². The lowest BCUT2D eigenvalue weighted by Gasteiger charge is -2.29. The number of carbonyl (C=O) groups is 1. The molecule has 0 aromatic rings. The van der Waals surface area contributed by atoms with Gasteiger partial charge in [-0.25, -0.2) is 0 Å². The van der Waals surface area contributed by atoms with E-state index in [1.807, 2.05) is 13.8 Å². The number of ether oxygens (including phenoxy) is 1. The molecule has 1 fully saturated rings. The fraction of sp³-hybridized carbons (Fsp3) is 0.933. The van der Waals surface area contributed by atoms with Crippen molar-refractivity contribution in [3.8, 4) is 0 Å². The van der Waals surface area contributed by atoms with Gasteiger partial charge in [-0.15, -0.1) is 0 Å². The van der Waals surface area contributed by atoms with E-state index < -0.39 is 11.5 Å². The molecule has 5 nitrogen and oxygen atoms in total. The number of likely N-dealkylation sites (N-methyl/N-ethyl adjacent to an activating group) is 1. The quantitative estimate of drug-likeness (QED) is 0.632. The molecule has 0 aromatic heterocycles. The second kappa shape index (κ2) is 7.96. The van der Waals surface area contributed by atoms with Crippen molar-refractivity contribution >= 4 is 5.97 Å². The number of carboxylic acid groups (broad SMARTS) is 1. The van der Waals surface area contributed by atoms with Crippen LogP contribution in [0.3, 0.4) is 0 Å². The number of nitrogens with zero attached hydrogens (tertiary/aromatic N) is 1. The first-order valence-corrected chi connectivity index (χ1v) is 7.64. The van der Waals surface area contributed by atoms with Gasteiger partial charge in [-0.3, -0.25) is 10.1 Å². The molecule has 2 N–H and O–H groups in total. The van der Waals surface area contributed by atoms with Crippen LogP contribution in [0.4, 0.5) is 0 Å². The number of unbranched alkanes of at least 4 members (excludes halogenated alkanes) is 1. The Labute approximate surface area is 122 Å². The Hall–Kier alpha value is -0.650. The zero-order valence-corrected chi connectivity index (χ0v) is 13.3. The summed E-state index contributed by atoms with van der Waals surface area (Å²) in [7, 11) is 2.13. The average molecular weight is 286 g/mol. The molecular formula is C15H30N2O3. The number of hydrogen-bond donors (Lipinski definition) is 2. The Balaban J connectivity index is 2.28. The summed E-state index contributed by atoms with van der Waals surface area (Å²) in [5, 5.41) is 12.5. The Bertz CT molecular complexity index is 303. The summed E-state index contributed by atoms with van der Waals surface area (Å²) in [5.74, 6) is -0.760. The highest BCUT2D eigenvalue weighted by molar-refractivity contribution is 5.78. The maximum absolute atomic E-state index is 11.4. The second-order valence-electron chi connectivity index (χ2n) is 6.39. The molecule has 5 heteroatoms. The third kappa shape index (κ3) is 5.38. The normalized spacial score (nSPS) is 22.4. The van der Waals surface area contributed by atoms with E-state index >= 15 is 0 Å². The van der Waals surface area contributed by atoms with E-state index in [2.05, 4.69) is 17.3 Å². The first-order valence-electron chi connectivity index (χ1n) is 7.64. The van der Waals surface area contributed by atoms with Gasteiger partial charge in [0.05, 0.1) is 6.61 Å². The minimum absolute atomic E-state index is 0.175. The van der Waals surface area contributed by atoms with E-state index in [0.29, 0.717) is 12.5 Å². The van der Waals surface area contributed by atoms with Gasteiger partial charge in [-0.05, 0) is 60.0 Å². The van der Waals surface area contributed by atoms with E-state index in [0.717, 1.165) is 39.0 Å². The molecule has 20 heavy (non-hydrogen) atoms. The van der Waals surface area contributed by atoms with Crippen LogP contribution in [-0.4, -0.2) is 60.4 Å². The van der Waals surface area contributed by atoms with Crippen LogP contribution < -0.4 is 5.32 Å². The highest BCUT2D eigenvalue weighted by Crippen LogP contribution is 2.17. The summed E-state index contributed by atoms with van der Waals surface area (Å²) < 4.78 is 5.38. The SMILES string of the molecule is CC(C)NC(C)(CCCCN(C)C1CCOC1)C(=O)O. The predicted molar refractivity (Wildman–Crippen MR) is 80.0 cm³/mol. The molecular weight excluding hydrogens is 256 g/mol. The summed E-state index contributed by atoms with van der Waals surface area (Å²) in [6, 6.07) is 0.712. The molecule has 1 rings (SSSR count). The van der Waals surface area contributed by atoms with Crippen LogP contribution in [0.15, 0.2) is 0 Å². The van der Waals surface area contributed by atoms with Crippen molar-refractivity contribution in [2.75, 3.05) is 26.8 Å². The molecule has 1 saturated heterocycles.